The molecule has 0 spiro atoms. The van der Waals surface area contributed by atoms with Gasteiger partial charge in [0.25, 0.3) is 0 Å². The normalized spacial score (nSPS) is 11.5. The highest BCUT2D eigenvalue weighted by atomic mass is 15.2. The second-order valence-electron chi connectivity index (χ2n) is 16.7. The highest BCUT2D eigenvalue weighted by Gasteiger charge is 2.24. The lowest BCUT2D eigenvalue weighted by Gasteiger charge is -2.13. The molecule has 8 nitrogen and oxygen atoms in total. The van der Waals surface area contributed by atoms with Crippen LogP contribution in [0.2, 0.25) is 0 Å². The van der Waals surface area contributed by atoms with Gasteiger partial charge in [-0.1, -0.05) is 188 Å². The second-order valence-corrected chi connectivity index (χ2v) is 16.7. The van der Waals surface area contributed by atoms with Gasteiger partial charge in [-0.25, -0.2) is 19.9 Å². The van der Waals surface area contributed by atoms with Gasteiger partial charge in [0.15, 0.2) is 29.1 Å². The van der Waals surface area contributed by atoms with Crippen molar-refractivity contribution in [3.05, 3.63) is 231 Å². The molecule has 0 aliphatic heterocycles. The Labute approximate surface area is 391 Å². The van der Waals surface area contributed by atoms with Gasteiger partial charge in [-0.05, 0) is 53.6 Å². The van der Waals surface area contributed by atoms with E-state index >= 15 is 0 Å². The first-order valence-corrected chi connectivity index (χ1v) is 22.6. The molecule has 0 bridgehead atoms. The van der Waals surface area contributed by atoms with Crippen LogP contribution >= 0.6 is 0 Å². The highest BCUT2D eigenvalue weighted by Crippen LogP contribution is 2.42. The van der Waals surface area contributed by atoms with Gasteiger partial charge in [-0.2, -0.15) is 9.97 Å². The van der Waals surface area contributed by atoms with Crippen LogP contribution in [-0.4, -0.2) is 39.0 Å². The van der Waals surface area contributed by atoms with Crippen LogP contribution in [0.4, 0.5) is 0 Å². The maximum absolute atomic E-state index is 5.25. The summed E-state index contributed by atoms with van der Waals surface area (Å²) in [4.78, 5) is 30.9. The molecule has 68 heavy (non-hydrogen) atoms. The van der Waals surface area contributed by atoms with Crippen molar-refractivity contribution in [3.63, 3.8) is 0 Å². The van der Waals surface area contributed by atoms with Crippen molar-refractivity contribution in [2.75, 3.05) is 0 Å². The molecule has 13 aromatic rings. The molecule has 0 saturated heterocycles. The molecule has 0 aliphatic rings. The van der Waals surface area contributed by atoms with E-state index in [1.165, 1.54) is 0 Å². The lowest BCUT2D eigenvalue weighted by Crippen LogP contribution is -2.06. The molecular formula is C60H38N8. The first kappa shape index (κ1) is 39.0. The number of rotatable bonds is 8. The summed E-state index contributed by atoms with van der Waals surface area (Å²) in [5.74, 6) is 3.59. The minimum atomic E-state index is 0.551. The standard InChI is InChI=1S/C60H38N8/c1-5-19-39(20-6-1)45-27-13-14-29-48(45)59-63-55(40-21-7-2-8-22-40)61-56(64-59)43-33-35-44(36-34-43)67-51-32-18-16-30-49(51)53-52(67)38-37-47-46-28-15-17-31-50(46)68(54(47)53)60-65-57(41-23-9-3-10-24-41)62-58(66-60)42-25-11-4-12-26-42/h1-38H. The third kappa shape index (κ3) is 6.62. The first-order valence-electron chi connectivity index (χ1n) is 22.6. The number of hydrogen-bond donors (Lipinski definition) is 0. The van der Waals surface area contributed by atoms with Crippen molar-refractivity contribution in [2.45, 2.75) is 0 Å². The molecular weight excluding hydrogens is 833 g/mol. The van der Waals surface area contributed by atoms with Gasteiger partial charge in [0, 0.05) is 55.0 Å². The summed E-state index contributed by atoms with van der Waals surface area (Å²) < 4.78 is 4.57. The number of hydrogen-bond acceptors (Lipinski definition) is 6. The van der Waals surface area contributed by atoms with Crippen molar-refractivity contribution in [1.82, 2.24) is 39.0 Å². The fraction of sp³-hybridized carbons (Fsp3) is 0. The summed E-state index contributed by atoms with van der Waals surface area (Å²) >= 11 is 0. The first-order chi connectivity index (χ1) is 33.7. The van der Waals surface area contributed by atoms with E-state index in [2.05, 4.69) is 137 Å². The van der Waals surface area contributed by atoms with Crippen molar-refractivity contribution >= 4 is 43.6 Å². The van der Waals surface area contributed by atoms with Crippen LogP contribution in [0.15, 0.2) is 231 Å². The predicted molar refractivity (Wildman–Crippen MR) is 275 cm³/mol. The lowest BCUT2D eigenvalue weighted by molar-refractivity contribution is 0.955. The summed E-state index contributed by atoms with van der Waals surface area (Å²) in [6.07, 6.45) is 0. The Bertz CT molecular complexity index is 3940. The number of para-hydroxylation sites is 2. The van der Waals surface area contributed by atoms with Crippen LogP contribution in [0, 0.1) is 0 Å². The summed E-state index contributed by atoms with van der Waals surface area (Å²) in [5.41, 5.74) is 11.9. The Balaban J connectivity index is 1.00. The Hall–Kier alpha value is -9.40. The van der Waals surface area contributed by atoms with E-state index in [0.29, 0.717) is 35.1 Å². The zero-order valence-electron chi connectivity index (χ0n) is 36.5. The molecule has 0 aliphatic carbocycles. The highest BCUT2D eigenvalue weighted by molar-refractivity contribution is 6.26. The monoisotopic (exact) mass is 870 g/mol. The van der Waals surface area contributed by atoms with Crippen LogP contribution in [0.1, 0.15) is 0 Å². The van der Waals surface area contributed by atoms with E-state index in [4.69, 9.17) is 29.9 Å². The molecule has 9 aromatic carbocycles. The van der Waals surface area contributed by atoms with Crippen LogP contribution in [-0.2, 0) is 0 Å². The minimum absolute atomic E-state index is 0.551. The van der Waals surface area contributed by atoms with Crippen LogP contribution in [0.5, 0.6) is 0 Å². The topological polar surface area (TPSA) is 87.2 Å². The predicted octanol–water partition coefficient (Wildman–Crippen LogP) is 14.3. The number of benzene rings is 9. The molecule has 0 amide bonds. The molecule has 0 fully saturated rings. The molecule has 318 valence electrons. The van der Waals surface area contributed by atoms with E-state index in [0.717, 1.165) is 88.2 Å². The molecule has 0 atom stereocenters. The quantitative estimate of drug-likeness (QED) is 0.151. The summed E-state index contributed by atoms with van der Waals surface area (Å²) in [7, 11) is 0. The molecule has 0 unspecified atom stereocenters. The maximum Gasteiger partial charge on any atom is 0.238 e. The average Bonchev–Trinajstić information content (AvgIpc) is 3.95. The molecule has 13 rings (SSSR count). The third-order valence-electron chi connectivity index (χ3n) is 12.7. The van der Waals surface area contributed by atoms with Gasteiger partial charge >= 0.3 is 0 Å². The molecule has 0 radical (unpaired) electrons. The van der Waals surface area contributed by atoms with Gasteiger partial charge in [0.1, 0.15) is 0 Å². The van der Waals surface area contributed by atoms with E-state index in [1.807, 2.05) is 103 Å². The van der Waals surface area contributed by atoms with E-state index < -0.39 is 0 Å². The Morgan fingerprint density at radius 3 is 1.25 bits per heavy atom. The van der Waals surface area contributed by atoms with Gasteiger partial charge in [-0.3, -0.25) is 4.57 Å². The number of fused-ring (bicyclic) bond motifs is 7. The summed E-state index contributed by atoms with van der Waals surface area (Å²) in [6, 6.07) is 79.2. The van der Waals surface area contributed by atoms with Gasteiger partial charge in [-0.15, -0.1) is 0 Å². The largest absolute Gasteiger partial charge is 0.309 e. The smallest absolute Gasteiger partial charge is 0.238 e. The average molecular weight is 871 g/mol. The molecule has 8 heteroatoms. The lowest BCUT2D eigenvalue weighted by atomic mass is 9.99. The Morgan fingerprint density at radius 2 is 0.676 bits per heavy atom. The van der Waals surface area contributed by atoms with Crippen molar-refractivity contribution in [3.8, 4) is 79.7 Å². The summed E-state index contributed by atoms with van der Waals surface area (Å²) in [6.45, 7) is 0. The second kappa shape index (κ2) is 16.2. The maximum atomic E-state index is 5.25. The van der Waals surface area contributed by atoms with Gasteiger partial charge in [0.05, 0.1) is 22.1 Å². The SMILES string of the molecule is c1ccc(-c2nc(-c3ccc(-n4c5ccccc5c5c4ccc4c6ccccc6n(-c6nc(-c7ccccc7)nc(-c7ccccc7)n6)c45)cc3)nc(-c3ccccc3-c3ccccc3)n2)cc1. The zero-order chi connectivity index (χ0) is 45.0. The van der Waals surface area contributed by atoms with E-state index in [9.17, 15) is 0 Å². The van der Waals surface area contributed by atoms with Gasteiger partial charge < -0.3 is 4.57 Å². The number of nitrogens with zero attached hydrogens (tertiary/aromatic N) is 8. The van der Waals surface area contributed by atoms with Crippen molar-refractivity contribution < 1.29 is 0 Å². The van der Waals surface area contributed by atoms with E-state index in [-0.39, 0.29) is 0 Å². The Kier molecular flexibility index (Phi) is 9.31. The van der Waals surface area contributed by atoms with Crippen molar-refractivity contribution in [1.29, 1.82) is 0 Å². The summed E-state index contributed by atoms with van der Waals surface area (Å²) in [5, 5.41) is 4.45. The van der Waals surface area contributed by atoms with E-state index in [1.54, 1.807) is 0 Å². The van der Waals surface area contributed by atoms with Gasteiger partial charge in [0.2, 0.25) is 5.95 Å². The van der Waals surface area contributed by atoms with Crippen LogP contribution in [0.3, 0.4) is 0 Å². The number of aromatic nitrogens is 8. The minimum Gasteiger partial charge on any atom is -0.309 e. The van der Waals surface area contributed by atoms with Crippen molar-refractivity contribution in [2.24, 2.45) is 0 Å². The van der Waals surface area contributed by atoms with Crippen LogP contribution < -0.4 is 0 Å². The zero-order valence-corrected chi connectivity index (χ0v) is 36.5. The van der Waals surface area contributed by atoms with Crippen LogP contribution in [0.25, 0.3) is 123 Å². The third-order valence-corrected chi connectivity index (χ3v) is 12.7. The molecule has 4 aromatic heterocycles. The fourth-order valence-electron chi connectivity index (χ4n) is 9.54. The molecule has 4 heterocycles. The Morgan fingerprint density at radius 1 is 0.250 bits per heavy atom. The fourth-order valence-corrected chi connectivity index (χ4v) is 9.54. The molecule has 0 saturated carbocycles. The molecule has 0 N–H and O–H groups in total.